The molecular weight excluding hydrogens is 901 g/mol. The van der Waals surface area contributed by atoms with Crippen molar-refractivity contribution in [1.82, 2.24) is 0 Å². The highest BCUT2D eigenvalue weighted by Gasteiger charge is 2.19. The Hall–Kier alpha value is -4.45. The van der Waals surface area contributed by atoms with Crippen LogP contribution in [0.5, 0.6) is 0 Å². The minimum absolute atomic E-state index is 0.110. The molecule has 6 nitrogen and oxygen atoms in total. The molecule has 0 aliphatic rings. The van der Waals surface area contributed by atoms with Crippen molar-refractivity contribution >= 4 is 17.9 Å². The predicted octanol–water partition coefficient (Wildman–Crippen LogP) is 20.2. The van der Waals surface area contributed by atoms with Gasteiger partial charge in [0.1, 0.15) is 13.2 Å². The Morgan fingerprint density at radius 1 is 0.288 bits per heavy atom. The number of hydrogen-bond donors (Lipinski definition) is 0. The molecule has 0 saturated heterocycles. The molecule has 0 aliphatic carbocycles. The molecule has 412 valence electrons. The largest absolute Gasteiger partial charge is 0.462 e. The van der Waals surface area contributed by atoms with E-state index in [0.717, 1.165) is 135 Å². The summed E-state index contributed by atoms with van der Waals surface area (Å²) in [6, 6.07) is 0. The topological polar surface area (TPSA) is 78.9 Å². The Labute approximate surface area is 449 Å². The van der Waals surface area contributed by atoms with Gasteiger partial charge in [-0.05, 0) is 122 Å². The van der Waals surface area contributed by atoms with Crippen molar-refractivity contribution < 1.29 is 28.6 Å². The van der Waals surface area contributed by atoms with Gasteiger partial charge in [0.15, 0.2) is 6.10 Å². The van der Waals surface area contributed by atoms with Gasteiger partial charge in [0.2, 0.25) is 0 Å². The van der Waals surface area contributed by atoms with Gasteiger partial charge in [-0.3, -0.25) is 14.4 Å². The van der Waals surface area contributed by atoms with E-state index < -0.39 is 6.10 Å². The molecule has 0 radical (unpaired) electrons. The summed E-state index contributed by atoms with van der Waals surface area (Å²) >= 11 is 0. The smallest absolute Gasteiger partial charge is 0.306 e. The number of allylic oxidation sites excluding steroid dienone is 22. The molecule has 1 unspecified atom stereocenters. The summed E-state index contributed by atoms with van der Waals surface area (Å²) in [4.78, 5) is 38.2. The molecule has 0 fully saturated rings. The second-order valence-corrected chi connectivity index (χ2v) is 19.1. The summed E-state index contributed by atoms with van der Waals surface area (Å²) in [6.07, 6.45) is 84.6. The van der Waals surface area contributed by atoms with Crippen LogP contribution in [0.4, 0.5) is 0 Å². The second-order valence-electron chi connectivity index (χ2n) is 19.1. The first kappa shape index (κ1) is 68.6. The number of carbonyl (C=O) groups excluding carboxylic acids is 3. The van der Waals surface area contributed by atoms with Crippen molar-refractivity contribution in [3.05, 3.63) is 134 Å². The van der Waals surface area contributed by atoms with E-state index >= 15 is 0 Å². The van der Waals surface area contributed by atoms with E-state index in [1.807, 2.05) is 0 Å². The number of ether oxygens (including phenoxy) is 3. The molecule has 0 aromatic heterocycles. The van der Waals surface area contributed by atoms with Crippen LogP contribution < -0.4 is 0 Å². The number of carbonyl (C=O) groups is 3. The van der Waals surface area contributed by atoms with Crippen LogP contribution in [0.15, 0.2) is 134 Å². The quantitative estimate of drug-likeness (QED) is 0.0261. The Balaban J connectivity index is 4.40. The molecule has 0 spiro atoms. The molecule has 1 atom stereocenters. The standard InChI is InChI=1S/C67H108O6/c1-4-7-10-13-16-19-22-25-27-29-30-31-32-33-34-35-36-38-39-42-45-48-51-54-57-60-66(69)72-63-64(62-71-65(68)59-56-53-50-47-44-41-24-21-18-15-12-9-6-3)73-67(70)61-58-55-52-49-46-43-40-37-28-26-23-20-17-14-11-8-5-2/h7-8,10-12,15-17,19-21,24-28,30-31,40,43,49,52,64H,4-6,9,13-14,18,22-23,29,32-39,41-42,44-48,50-51,53-63H2,1-3H3/b10-7-,11-8-,15-12-,19-16-,20-17-,24-21-,27-25-,28-26-,31-30-,43-40-,52-49-. The average molecular weight is 1010 g/mol. The number of hydrogen-bond acceptors (Lipinski definition) is 6. The van der Waals surface area contributed by atoms with Gasteiger partial charge in [0.25, 0.3) is 0 Å². The van der Waals surface area contributed by atoms with Crippen LogP contribution in [0.1, 0.15) is 252 Å². The molecule has 0 bridgehead atoms. The lowest BCUT2D eigenvalue weighted by Gasteiger charge is -2.18. The van der Waals surface area contributed by atoms with Crippen molar-refractivity contribution in [2.24, 2.45) is 0 Å². The SMILES string of the molecule is CC/C=C\C/C=C\C/C=C\C/C=C\C/C=C\CCCC(=O)OC(COC(=O)CCCCCCC/C=C\C/C=C\CCC)COC(=O)CCCCCCCCCCCCCC/C=C\C/C=C\C/C=C\C/C=C\CC. The second kappa shape index (κ2) is 60.1. The summed E-state index contributed by atoms with van der Waals surface area (Å²) < 4.78 is 16.8. The third-order valence-corrected chi connectivity index (χ3v) is 12.1. The van der Waals surface area contributed by atoms with Crippen LogP contribution in [-0.2, 0) is 28.6 Å². The molecule has 0 heterocycles. The number of rotatable bonds is 52. The molecular formula is C67H108O6. The molecule has 0 aromatic carbocycles. The van der Waals surface area contributed by atoms with E-state index in [4.69, 9.17) is 14.2 Å². The molecule has 0 saturated carbocycles. The first-order valence-electron chi connectivity index (χ1n) is 29.7. The molecule has 0 N–H and O–H groups in total. The molecule has 0 rings (SSSR count). The van der Waals surface area contributed by atoms with E-state index in [2.05, 4.69) is 154 Å². The van der Waals surface area contributed by atoms with Gasteiger partial charge in [-0.15, -0.1) is 0 Å². The highest BCUT2D eigenvalue weighted by atomic mass is 16.6. The highest BCUT2D eigenvalue weighted by molar-refractivity contribution is 5.71. The minimum atomic E-state index is -0.819. The van der Waals surface area contributed by atoms with E-state index in [-0.39, 0.29) is 37.5 Å². The normalized spacial score (nSPS) is 13.1. The molecule has 0 aromatic rings. The van der Waals surface area contributed by atoms with E-state index in [9.17, 15) is 14.4 Å². The average Bonchev–Trinajstić information content (AvgIpc) is 3.39. The molecule has 0 aliphatic heterocycles. The summed E-state index contributed by atoms with van der Waals surface area (Å²) in [7, 11) is 0. The highest BCUT2D eigenvalue weighted by Crippen LogP contribution is 2.15. The van der Waals surface area contributed by atoms with Crippen molar-refractivity contribution in [1.29, 1.82) is 0 Å². The van der Waals surface area contributed by atoms with Crippen LogP contribution >= 0.6 is 0 Å². The van der Waals surface area contributed by atoms with Gasteiger partial charge in [0, 0.05) is 19.3 Å². The zero-order chi connectivity index (χ0) is 52.9. The minimum Gasteiger partial charge on any atom is -0.462 e. The van der Waals surface area contributed by atoms with E-state index in [1.165, 1.54) is 70.6 Å². The first-order chi connectivity index (χ1) is 36.0. The zero-order valence-corrected chi connectivity index (χ0v) is 47.1. The maximum Gasteiger partial charge on any atom is 0.306 e. The summed E-state index contributed by atoms with van der Waals surface area (Å²) in [5.41, 5.74) is 0. The maximum absolute atomic E-state index is 12.8. The zero-order valence-electron chi connectivity index (χ0n) is 47.1. The van der Waals surface area contributed by atoms with E-state index in [0.29, 0.717) is 19.3 Å². The van der Waals surface area contributed by atoms with Crippen LogP contribution in [0.25, 0.3) is 0 Å². The van der Waals surface area contributed by atoms with Crippen LogP contribution in [0.3, 0.4) is 0 Å². The van der Waals surface area contributed by atoms with Crippen LogP contribution in [-0.4, -0.2) is 37.2 Å². The summed E-state index contributed by atoms with van der Waals surface area (Å²) in [6.45, 7) is 6.29. The van der Waals surface area contributed by atoms with Gasteiger partial charge in [0.05, 0.1) is 0 Å². The lowest BCUT2D eigenvalue weighted by Crippen LogP contribution is -2.30. The van der Waals surface area contributed by atoms with Crippen molar-refractivity contribution in [2.45, 2.75) is 258 Å². The fourth-order valence-electron chi connectivity index (χ4n) is 7.74. The van der Waals surface area contributed by atoms with Crippen LogP contribution in [0.2, 0.25) is 0 Å². The Morgan fingerprint density at radius 2 is 0.548 bits per heavy atom. The summed E-state index contributed by atoms with van der Waals surface area (Å²) in [5, 5.41) is 0. The fourth-order valence-corrected chi connectivity index (χ4v) is 7.74. The van der Waals surface area contributed by atoms with Gasteiger partial charge in [-0.2, -0.15) is 0 Å². The van der Waals surface area contributed by atoms with Crippen LogP contribution in [0, 0.1) is 0 Å². The summed E-state index contributed by atoms with van der Waals surface area (Å²) in [5.74, 6) is -0.988. The van der Waals surface area contributed by atoms with Crippen molar-refractivity contribution in [3.63, 3.8) is 0 Å². The Bertz CT molecular complexity index is 1580. The van der Waals surface area contributed by atoms with E-state index in [1.54, 1.807) is 0 Å². The predicted molar refractivity (Wildman–Crippen MR) is 316 cm³/mol. The van der Waals surface area contributed by atoms with Gasteiger partial charge in [-0.25, -0.2) is 0 Å². The number of esters is 3. The molecule has 73 heavy (non-hydrogen) atoms. The van der Waals surface area contributed by atoms with Crippen molar-refractivity contribution in [2.75, 3.05) is 13.2 Å². The molecule has 0 amide bonds. The van der Waals surface area contributed by atoms with Gasteiger partial charge in [-0.1, -0.05) is 244 Å². The first-order valence-corrected chi connectivity index (χ1v) is 29.7. The van der Waals surface area contributed by atoms with Crippen molar-refractivity contribution in [3.8, 4) is 0 Å². The third-order valence-electron chi connectivity index (χ3n) is 12.1. The third kappa shape index (κ3) is 58.3. The maximum atomic E-state index is 12.8. The lowest BCUT2D eigenvalue weighted by molar-refractivity contribution is -0.167. The fraction of sp³-hybridized carbons (Fsp3) is 0.627. The molecule has 6 heteroatoms. The lowest BCUT2D eigenvalue weighted by atomic mass is 10.0. The monoisotopic (exact) mass is 1010 g/mol. The Morgan fingerprint density at radius 3 is 0.877 bits per heavy atom. The Kier molecular flexibility index (Phi) is 56.4. The van der Waals surface area contributed by atoms with Gasteiger partial charge >= 0.3 is 17.9 Å². The van der Waals surface area contributed by atoms with Gasteiger partial charge < -0.3 is 14.2 Å². The number of unbranched alkanes of at least 4 members (excludes halogenated alkanes) is 19.